The number of aryl methyl sites for hydroxylation is 1. The van der Waals surface area contributed by atoms with Crippen molar-refractivity contribution in [3.05, 3.63) is 33.5 Å². The molecule has 108 valence electrons. The second kappa shape index (κ2) is 6.97. The van der Waals surface area contributed by atoms with Gasteiger partial charge < -0.3 is 5.32 Å². The van der Waals surface area contributed by atoms with E-state index in [1.165, 1.54) is 16.9 Å². The van der Waals surface area contributed by atoms with Crippen LogP contribution in [-0.4, -0.2) is 35.4 Å². The van der Waals surface area contributed by atoms with Gasteiger partial charge >= 0.3 is 0 Å². The molecular formula is C14H19N3OS2. The molecule has 4 nitrogen and oxygen atoms in total. The van der Waals surface area contributed by atoms with Gasteiger partial charge in [-0.15, -0.1) is 11.3 Å². The van der Waals surface area contributed by atoms with Crippen LogP contribution in [0.2, 0.25) is 0 Å². The zero-order valence-corrected chi connectivity index (χ0v) is 13.6. The molecular weight excluding hydrogens is 290 g/mol. The number of amides is 1. The van der Waals surface area contributed by atoms with Crippen molar-refractivity contribution in [1.82, 2.24) is 9.88 Å². The zero-order chi connectivity index (χ0) is 14.5. The van der Waals surface area contributed by atoms with E-state index in [2.05, 4.69) is 39.0 Å². The van der Waals surface area contributed by atoms with Gasteiger partial charge in [-0.2, -0.15) is 11.3 Å². The maximum atomic E-state index is 12.0. The molecule has 0 saturated heterocycles. The number of thiophene rings is 1. The first kappa shape index (κ1) is 15.2. The Morgan fingerprint density at radius 1 is 1.50 bits per heavy atom. The number of thiazole rings is 1. The van der Waals surface area contributed by atoms with Crippen molar-refractivity contribution in [2.45, 2.75) is 26.3 Å². The van der Waals surface area contributed by atoms with Crippen LogP contribution in [-0.2, 0) is 11.2 Å². The highest BCUT2D eigenvalue weighted by atomic mass is 32.1. The monoisotopic (exact) mass is 309 g/mol. The Kier molecular flexibility index (Phi) is 5.28. The van der Waals surface area contributed by atoms with E-state index in [1.807, 2.05) is 19.4 Å². The molecule has 2 heterocycles. The molecule has 2 aromatic heterocycles. The molecule has 1 N–H and O–H groups in total. The minimum atomic E-state index is -0.0148. The summed E-state index contributed by atoms with van der Waals surface area (Å²) in [6, 6.07) is 2.46. The number of nitrogens with zero attached hydrogens (tertiary/aromatic N) is 2. The van der Waals surface area contributed by atoms with Crippen LogP contribution in [0, 0.1) is 6.92 Å². The van der Waals surface area contributed by atoms with Gasteiger partial charge in [0.25, 0.3) is 0 Å². The summed E-state index contributed by atoms with van der Waals surface area (Å²) in [5, 5.41) is 9.68. The predicted molar refractivity (Wildman–Crippen MR) is 85.6 cm³/mol. The quantitative estimate of drug-likeness (QED) is 0.892. The van der Waals surface area contributed by atoms with Crippen molar-refractivity contribution in [3.63, 3.8) is 0 Å². The number of aromatic nitrogens is 1. The Bertz CT molecular complexity index is 551. The average molecular weight is 309 g/mol. The summed E-state index contributed by atoms with van der Waals surface area (Å²) >= 11 is 3.16. The molecule has 20 heavy (non-hydrogen) atoms. The van der Waals surface area contributed by atoms with Gasteiger partial charge in [-0.3, -0.25) is 9.69 Å². The lowest BCUT2D eigenvalue weighted by Crippen LogP contribution is -2.37. The summed E-state index contributed by atoms with van der Waals surface area (Å²) < 4.78 is 0. The SMILES string of the molecule is Cc1csc(NC(=O)CN(C)[C@@H](C)Cc2ccsc2)n1. The fourth-order valence-corrected chi connectivity index (χ4v) is 3.24. The van der Waals surface area contributed by atoms with Gasteiger partial charge in [0.05, 0.1) is 12.2 Å². The van der Waals surface area contributed by atoms with Crippen LogP contribution >= 0.6 is 22.7 Å². The van der Waals surface area contributed by atoms with E-state index in [0.717, 1.165) is 12.1 Å². The van der Waals surface area contributed by atoms with Crippen molar-refractivity contribution in [3.8, 4) is 0 Å². The maximum absolute atomic E-state index is 12.0. The zero-order valence-electron chi connectivity index (χ0n) is 11.9. The third kappa shape index (κ3) is 4.40. The smallest absolute Gasteiger partial charge is 0.240 e. The van der Waals surface area contributed by atoms with E-state index in [0.29, 0.717) is 17.7 Å². The molecule has 0 radical (unpaired) electrons. The van der Waals surface area contributed by atoms with Crippen molar-refractivity contribution >= 4 is 33.7 Å². The number of rotatable bonds is 6. The van der Waals surface area contributed by atoms with Gasteiger partial charge in [0.15, 0.2) is 5.13 Å². The molecule has 0 saturated carbocycles. The van der Waals surface area contributed by atoms with Crippen LogP contribution in [0.5, 0.6) is 0 Å². The first-order valence-corrected chi connectivity index (χ1v) is 8.30. The van der Waals surface area contributed by atoms with E-state index in [1.54, 1.807) is 11.3 Å². The van der Waals surface area contributed by atoms with E-state index in [4.69, 9.17) is 0 Å². The number of likely N-dealkylation sites (N-methyl/N-ethyl adjacent to an activating group) is 1. The Balaban J connectivity index is 1.81. The molecule has 0 spiro atoms. The van der Waals surface area contributed by atoms with E-state index < -0.39 is 0 Å². The number of anilines is 1. The van der Waals surface area contributed by atoms with Crippen LogP contribution < -0.4 is 5.32 Å². The number of carbonyl (C=O) groups excluding carboxylic acids is 1. The van der Waals surface area contributed by atoms with Crippen molar-refractivity contribution < 1.29 is 4.79 Å². The molecule has 0 aliphatic rings. The second-order valence-electron chi connectivity index (χ2n) is 4.94. The van der Waals surface area contributed by atoms with Gasteiger partial charge in [0.1, 0.15) is 0 Å². The fraction of sp³-hybridized carbons (Fsp3) is 0.429. The summed E-state index contributed by atoms with van der Waals surface area (Å²) in [6.07, 6.45) is 0.962. The van der Waals surface area contributed by atoms with Crippen molar-refractivity contribution in [1.29, 1.82) is 0 Å². The van der Waals surface area contributed by atoms with E-state index in [9.17, 15) is 4.79 Å². The lowest BCUT2D eigenvalue weighted by molar-refractivity contribution is -0.117. The molecule has 1 atom stereocenters. The highest BCUT2D eigenvalue weighted by Crippen LogP contribution is 2.15. The molecule has 0 aliphatic heterocycles. The second-order valence-corrected chi connectivity index (χ2v) is 6.58. The minimum Gasteiger partial charge on any atom is -0.301 e. The molecule has 0 aliphatic carbocycles. The Morgan fingerprint density at radius 3 is 2.90 bits per heavy atom. The summed E-state index contributed by atoms with van der Waals surface area (Å²) in [6.45, 7) is 4.43. The molecule has 0 aromatic carbocycles. The standard InChI is InChI=1S/C14H19N3OS2/c1-10-8-20-14(15-10)16-13(18)7-17(3)11(2)6-12-4-5-19-9-12/h4-5,8-9,11H,6-7H2,1-3H3,(H,15,16,18)/t11-/m0/s1. The van der Waals surface area contributed by atoms with Gasteiger partial charge in [0.2, 0.25) is 5.91 Å². The van der Waals surface area contributed by atoms with E-state index >= 15 is 0 Å². The number of hydrogen-bond donors (Lipinski definition) is 1. The molecule has 2 aromatic rings. The topological polar surface area (TPSA) is 45.2 Å². The van der Waals surface area contributed by atoms with Gasteiger partial charge in [0, 0.05) is 11.4 Å². The van der Waals surface area contributed by atoms with Gasteiger partial charge in [-0.1, -0.05) is 0 Å². The Hall–Kier alpha value is -1.24. The van der Waals surface area contributed by atoms with Gasteiger partial charge in [-0.25, -0.2) is 4.98 Å². The Labute approximate surface area is 127 Å². The first-order chi connectivity index (χ1) is 9.54. The summed E-state index contributed by atoms with van der Waals surface area (Å²) in [4.78, 5) is 18.3. The predicted octanol–water partition coefficient (Wildman–Crippen LogP) is 3.01. The summed E-state index contributed by atoms with van der Waals surface area (Å²) in [5.74, 6) is -0.0148. The number of carbonyl (C=O) groups is 1. The summed E-state index contributed by atoms with van der Waals surface area (Å²) in [7, 11) is 1.98. The molecule has 0 fully saturated rings. The normalized spacial score (nSPS) is 12.6. The molecule has 0 bridgehead atoms. The van der Waals surface area contributed by atoms with Crippen LogP contribution in [0.4, 0.5) is 5.13 Å². The third-order valence-electron chi connectivity index (χ3n) is 3.12. The molecule has 0 unspecified atom stereocenters. The van der Waals surface area contributed by atoms with Crippen LogP contribution in [0.1, 0.15) is 18.2 Å². The fourth-order valence-electron chi connectivity index (χ4n) is 1.86. The van der Waals surface area contributed by atoms with Crippen molar-refractivity contribution in [2.24, 2.45) is 0 Å². The van der Waals surface area contributed by atoms with Crippen LogP contribution in [0.3, 0.4) is 0 Å². The highest BCUT2D eigenvalue weighted by molar-refractivity contribution is 7.13. The molecule has 6 heteroatoms. The average Bonchev–Trinajstić information content (AvgIpc) is 3.01. The van der Waals surface area contributed by atoms with Crippen molar-refractivity contribution in [2.75, 3.05) is 18.9 Å². The minimum absolute atomic E-state index is 0.0148. The first-order valence-electron chi connectivity index (χ1n) is 6.48. The van der Waals surface area contributed by atoms with Crippen LogP contribution in [0.15, 0.2) is 22.2 Å². The number of hydrogen-bond acceptors (Lipinski definition) is 5. The number of nitrogens with one attached hydrogen (secondary N) is 1. The summed E-state index contributed by atoms with van der Waals surface area (Å²) in [5.41, 5.74) is 2.26. The third-order valence-corrected chi connectivity index (χ3v) is 4.73. The lowest BCUT2D eigenvalue weighted by Gasteiger charge is -2.23. The molecule has 2 rings (SSSR count). The lowest BCUT2D eigenvalue weighted by atomic mass is 10.1. The maximum Gasteiger partial charge on any atom is 0.240 e. The van der Waals surface area contributed by atoms with Gasteiger partial charge in [-0.05, 0) is 49.7 Å². The largest absolute Gasteiger partial charge is 0.301 e. The van der Waals surface area contributed by atoms with Crippen LogP contribution in [0.25, 0.3) is 0 Å². The molecule has 1 amide bonds. The Morgan fingerprint density at radius 2 is 2.30 bits per heavy atom. The van der Waals surface area contributed by atoms with E-state index in [-0.39, 0.29) is 5.91 Å². The highest BCUT2D eigenvalue weighted by Gasteiger charge is 2.14.